The van der Waals surface area contributed by atoms with Crippen molar-refractivity contribution in [1.82, 2.24) is 4.90 Å². The van der Waals surface area contributed by atoms with Crippen LogP contribution < -0.4 is 0 Å². The third-order valence-electron chi connectivity index (χ3n) is 4.15. The molecule has 1 unspecified atom stereocenters. The van der Waals surface area contributed by atoms with Crippen LogP contribution in [-0.4, -0.2) is 36.2 Å². The molecule has 1 N–H and O–H groups in total. The molecule has 0 heterocycles. The predicted molar refractivity (Wildman–Crippen MR) is 69.6 cm³/mol. The SMILES string of the molecule is CN(CCCO)C1CCCCCCC1(C)C. The average molecular weight is 227 g/mol. The first-order valence-corrected chi connectivity index (χ1v) is 6.89. The second kappa shape index (κ2) is 6.61. The van der Waals surface area contributed by atoms with E-state index >= 15 is 0 Å². The van der Waals surface area contributed by atoms with Crippen LogP contribution >= 0.6 is 0 Å². The summed E-state index contributed by atoms with van der Waals surface area (Å²) in [5, 5.41) is 8.92. The summed E-state index contributed by atoms with van der Waals surface area (Å²) in [4.78, 5) is 2.47. The van der Waals surface area contributed by atoms with Gasteiger partial charge in [0.2, 0.25) is 0 Å². The third-order valence-corrected chi connectivity index (χ3v) is 4.15. The quantitative estimate of drug-likeness (QED) is 0.798. The van der Waals surface area contributed by atoms with Crippen LogP contribution in [0.2, 0.25) is 0 Å². The molecule has 1 atom stereocenters. The van der Waals surface area contributed by atoms with Gasteiger partial charge in [-0.1, -0.05) is 39.5 Å². The Balaban J connectivity index is 2.56. The normalized spacial score (nSPS) is 26.4. The first kappa shape index (κ1) is 14.0. The Hall–Kier alpha value is -0.0800. The number of hydrogen-bond donors (Lipinski definition) is 1. The van der Waals surface area contributed by atoms with Crippen molar-refractivity contribution in [3.05, 3.63) is 0 Å². The molecule has 1 fully saturated rings. The Morgan fingerprint density at radius 1 is 1.19 bits per heavy atom. The van der Waals surface area contributed by atoms with E-state index in [4.69, 9.17) is 5.11 Å². The molecule has 1 rings (SSSR count). The van der Waals surface area contributed by atoms with E-state index in [1.54, 1.807) is 0 Å². The fourth-order valence-electron chi connectivity index (χ4n) is 3.12. The van der Waals surface area contributed by atoms with Gasteiger partial charge in [0.05, 0.1) is 0 Å². The molecule has 96 valence electrons. The molecule has 0 bridgehead atoms. The van der Waals surface area contributed by atoms with Gasteiger partial charge < -0.3 is 10.0 Å². The Labute approximate surface area is 101 Å². The van der Waals surface area contributed by atoms with E-state index in [2.05, 4.69) is 25.8 Å². The number of aliphatic hydroxyl groups excluding tert-OH is 1. The van der Waals surface area contributed by atoms with Crippen molar-refractivity contribution in [2.24, 2.45) is 5.41 Å². The minimum Gasteiger partial charge on any atom is -0.396 e. The zero-order valence-electron chi connectivity index (χ0n) is 11.3. The van der Waals surface area contributed by atoms with Crippen LogP contribution in [0.25, 0.3) is 0 Å². The zero-order valence-corrected chi connectivity index (χ0v) is 11.3. The molecule has 1 saturated carbocycles. The van der Waals surface area contributed by atoms with Crippen LogP contribution in [0.15, 0.2) is 0 Å². The summed E-state index contributed by atoms with van der Waals surface area (Å²) in [6.45, 7) is 6.18. The van der Waals surface area contributed by atoms with Gasteiger partial charge >= 0.3 is 0 Å². The van der Waals surface area contributed by atoms with E-state index in [1.165, 1.54) is 38.5 Å². The molecule has 0 saturated heterocycles. The predicted octanol–water partition coefficient (Wildman–Crippen LogP) is 3.05. The first-order valence-electron chi connectivity index (χ1n) is 6.89. The van der Waals surface area contributed by atoms with E-state index in [0.717, 1.165) is 13.0 Å². The van der Waals surface area contributed by atoms with Crippen molar-refractivity contribution in [3.63, 3.8) is 0 Å². The van der Waals surface area contributed by atoms with Gasteiger partial charge in [-0.2, -0.15) is 0 Å². The highest BCUT2D eigenvalue weighted by molar-refractivity contribution is 4.86. The van der Waals surface area contributed by atoms with Gasteiger partial charge in [-0.05, 0) is 31.7 Å². The number of rotatable bonds is 4. The lowest BCUT2D eigenvalue weighted by molar-refractivity contribution is 0.0784. The molecule has 0 aromatic heterocycles. The molecule has 0 aromatic carbocycles. The highest BCUT2D eigenvalue weighted by Crippen LogP contribution is 2.36. The summed E-state index contributed by atoms with van der Waals surface area (Å²) in [6.07, 6.45) is 9.16. The standard InChI is InChI=1S/C14H29NO/c1-14(2)10-7-5-4-6-9-13(14)15(3)11-8-12-16/h13,16H,4-12H2,1-3H3. The lowest BCUT2D eigenvalue weighted by atomic mass is 9.75. The zero-order chi connectivity index (χ0) is 12.0. The van der Waals surface area contributed by atoms with Gasteiger partial charge in [0.15, 0.2) is 0 Å². The summed E-state index contributed by atoms with van der Waals surface area (Å²) in [5.74, 6) is 0. The summed E-state index contributed by atoms with van der Waals surface area (Å²) >= 11 is 0. The highest BCUT2D eigenvalue weighted by Gasteiger charge is 2.32. The summed E-state index contributed by atoms with van der Waals surface area (Å²) in [6, 6.07) is 0.694. The topological polar surface area (TPSA) is 23.5 Å². The summed E-state index contributed by atoms with van der Waals surface area (Å²) in [5.41, 5.74) is 0.435. The number of nitrogens with zero attached hydrogens (tertiary/aromatic N) is 1. The molecular weight excluding hydrogens is 198 g/mol. The maximum atomic E-state index is 8.92. The van der Waals surface area contributed by atoms with Crippen molar-refractivity contribution >= 4 is 0 Å². The van der Waals surface area contributed by atoms with Crippen molar-refractivity contribution in [3.8, 4) is 0 Å². The Bertz CT molecular complexity index is 191. The summed E-state index contributed by atoms with van der Waals surface area (Å²) in [7, 11) is 2.23. The molecular formula is C14H29NO. The molecule has 0 aromatic rings. The lowest BCUT2D eigenvalue weighted by Gasteiger charge is -2.42. The molecule has 2 nitrogen and oxygen atoms in total. The van der Waals surface area contributed by atoms with E-state index in [1.807, 2.05) is 0 Å². The largest absolute Gasteiger partial charge is 0.396 e. The number of aliphatic hydroxyl groups is 1. The maximum Gasteiger partial charge on any atom is 0.0443 e. The second-order valence-corrected chi connectivity index (χ2v) is 6.02. The maximum absolute atomic E-state index is 8.92. The van der Waals surface area contributed by atoms with Gasteiger partial charge in [0, 0.05) is 19.2 Å². The van der Waals surface area contributed by atoms with Crippen molar-refractivity contribution in [2.45, 2.75) is 64.8 Å². The van der Waals surface area contributed by atoms with Crippen LogP contribution in [0, 0.1) is 5.41 Å². The van der Waals surface area contributed by atoms with Gasteiger partial charge in [0.1, 0.15) is 0 Å². The van der Waals surface area contributed by atoms with Crippen LogP contribution in [0.5, 0.6) is 0 Å². The minimum absolute atomic E-state index is 0.317. The molecule has 0 aliphatic heterocycles. The smallest absolute Gasteiger partial charge is 0.0443 e. The fourth-order valence-corrected chi connectivity index (χ4v) is 3.12. The van der Waals surface area contributed by atoms with Gasteiger partial charge in [-0.15, -0.1) is 0 Å². The van der Waals surface area contributed by atoms with Crippen molar-refractivity contribution in [2.75, 3.05) is 20.2 Å². The first-order chi connectivity index (χ1) is 7.58. The lowest BCUT2D eigenvalue weighted by Crippen LogP contribution is -2.44. The van der Waals surface area contributed by atoms with E-state index in [-0.39, 0.29) is 0 Å². The van der Waals surface area contributed by atoms with Crippen molar-refractivity contribution < 1.29 is 5.11 Å². The fraction of sp³-hybridized carbons (Fsp3) is 1.00. The van der Waals surface area contributed by atoms with E-state index in [0.29, 0.717) is 18.1 Å². The third kappa shape index (κ3) is 4.06. The molecule has 1 aliphatic rings. The second-order valence-electron chi connectivity index (χ2n) is 6.02. The minimum atomic E-state index is 0.317. The Kier molecular flexibility index (Phi) is 5.77. The van der Waals surface area contributed by atoms with Gasteiger partial charge in [0.25, 0.3) is 0 Å². The van der Waals surface area contributed by atoms with Gasteiger partial charge in [-0.3, -0.25) is 0 Å². The molecule has 16 heavy (non-hydrogen) atoms. The summed E-state index contributed by atoms with van der Waals surface area (Å²) < 4.78 is 0. The van der Waals surface area contributed by atoms with E-state index < -0.39 is 0 Å². The van der Waals surface area contributed by atoms with Crippen molar-refractivity contribution in [1.29, 1.82) is 0 Å². The Morgan fingerprint density at radius 2 is 1.88 bits per heavy atom. The van der Waals surface area contributed by atoms with E-state index in [9.17, 15) is 0 Å². The average Bonchev–Trinajstić information content (AvgIpc) is 2.21. The van der Waals surface area contributed by atoms with Crippen LogP contribution in [0.4, 0.5) is 0 Å². The molecule has 0 spiro atoms. The Morgan fingerprint density at radius 3 is 2.56 bits per heavy atom. The van der Waals surface area contributed by atoms with Gasteiger partial charge in [-0.25, -0.2) is 0 Å². The molecule has 0 radical (unpaired) electrons. The number of hydrogen-bond acceptors (Lipinski definition) is 2. The molecule has 1 aliphatic carbocycles. The van der Waals surface area contributed by atoms with Crippen LogP contribution in [0.1, 0.15) is 58.8 Å². The van der Waals surface area contributed by atoms with Crippen LogP contribution in [0.3, 0.4) is 0 Å². The monoisotopic (exact) mass is 227 g/mol. The molecule has 0 amide bonds. The molecule has 2 heteroatoms. The highest BCUT2D eigenvalue weighted by atomic mass is 16.3. The van der Waals surface area contributed by atoms with Crippen LogP contribution in [-0.2, 0) is 0 Å².